The second-order valence-electron chi connectivity index (χ2n) is 6.13. The van der Waals surface area contributed by atoms with Crippen LogP contribution in [0.5, 0.6) is 0 Å². The van der Waals surface area contributed by atoms with E-state index in [1.807, 2.05) is 0 Å². The van der Waals surface area contributed by atoms with Gasteiger partial charge in [-0.05, 0) is 45.6 Å². The molecule has 3 nitrogen and oxygen atoms in total. The van der Waals surface area contributed by atoms with Crippen LogP contribution in [0.15, 0.2) is 0 Å². The molecule has 2 aliphatic rings. The smallest absolute Gasteiger partial charge is 0.0495 e. The Morgan fingerprint density at radius 1 is 1.47 bits per heavy atom. The number of piperazine rings is 1. The summed E-state index contributed by atoms with van der Waals surface area (Å²) in [7, 11) is 0. The van der Waals surface area contributed by atoms with E-state index in [0.717, 1.165) is 25.7 Å². The number of hydrogen-bond donors (Lipinski definition) is 1. The van der Waals surface area contributed by atoms with Gasteiger partial charge in [-0.1, -0.05) is 6.92 Å². The van der Waals surface area contributed by atoms with Crippen LogP contribution in [0, 0.1) is 5.92 Å². The monoisotopic (exact) mass is 240 g/mol. The lowest BCUT2D eigenvalue weighted by molar-refractivity contribution is 0.0859. The molecule has 0 spiro atoms. The van der Waals surface area contributed by atoms with Gasteiger partial charge in [0.15, 0.2) is 0 Å². The summed E-state index contributed by atoms with van der Waals surface area (Å²) in [5.74, 6) is 0.810. The Bertz CT molecular complexity index is 240. The van der Waals surface area contributed by atoms with Crippen LogP contribution in [-0.4, -0.2) is 49.3 Å². The summed E-state index contributed by atoms with van der Waals surface area (Å²) in [6.45, 7) is 12.5. The van der Waals surface area contributed by atoms with Gasteiger partial charge in [0.1, 0.15) is 0 Å². The summed E-state index contributed by atoms with van der Waals surface area (Å²) in [4.78, 5) is 2.66. The van der Waals surface area contributed by atoms with Crippen molar-refractivity contribution in [3.8, 4) is 0 Å². The first-order valence-electron chi connectivity index (χ1n) is 7.20. The largest absolute Gasteiger partial charge is 0.381 e. The standard InChI is InChI=1S/C14H28N2O/c1-4-14(3)11-16(12(2)9-15-14)7-5-13-6-8-17-10-13/h12-13,15H,4-11H2,1-3H3. The second-order valence-corrected chi connectivity index (χ2v) is 6.13. The molecule has 0 saturated carbocycles. The fourth-order valence-electron chi connectivity index (χ4n) is 2.88. The van der Waals surface area contributed by atoms with Crippen molar-refractivity contribution in [2.24, 2.45) is 5.92 Å². The minimum absolute atomic E-state index is 0.318. The lowest BCUT2D eigenvalue weighted by Crippen LogP contribution is -2.62. The van der Waals surface area contributed by atoms with Crippen LogP contribution in [0.2, 0.25) is 0 Å². The van der Waals surface area contributed by atoms with Gasteiger partial charge in [-0.2, -0.15) is 0 Å². The van der Waals surface area contributed by atoms with Crippen molar-refractivity contribution in [2.75, 3.05) is 32.8 Å². The topological polar surface area (TPSA) is 24.5 Å². The molecule has 3 atom stereocenters. The van der Waals surface area contributed by atoms with Crippen molar-refractivity contribution in [3.63, 3.8) is 0 Å². The third-order valence-corrected chi connectivity index (χ3v) is 4.63. The molecule has 0 aliphatic carbocycles. The first-order chi connectivity index (χ1) is 8.13. The fraction of sp³-hybridized carbons (Fsp3) is 1.00. The maximum atomic E-state index is 5.46. The molecule has 0 aromatic rings. The molecule has 100 valence electrons. The van der Waals surface area contributed by atoms with Gasteiger partial charge in [0.25, 0.3) is 0 Å². The summed E-state index contributed by atoms with van der Waals surface area (Å²) in [5.41, 5.74) is 0.318. The first-order valence-corrected chi connectivity index (χ1v) is 7.20. The number of nitrogens with one attached hydrogen (secondary N) is 1. The highest BCUT2D eigenvalue weighted by atomic mass is 16.5. The predicted octanol–water partition coefficient (Wildman–Crippen LogP) is 1.88. The number of nitrogens with zero attached hydrogens (tertiary/aromatic N) is 1. The van der Waals surface area contributed by atoms with E-state index in [-0.39, 0.29) is 0 Å². The molecule has 3 unspecified atom stereocenters. The molecule has 2 heterocycles. The summed E-state index contributed by atoms with van der Waals surface area (Å²) < 4.78 is 5.46. The highest BCUT2D eigenvalue weighted by Crippen LogP contribution is 2.22. The zero-order valence-corrected chi connectivity index (χ0v) is 11.7. The van der Waals surface area contributed by atoms with Crippen molar-refractivity contribution < 1.29 is 4.74 Å². The third-order valence-electron chi connectivity index (χ3n) is 4.63. The van der Waals surface area contributed by atoms with Crippen LogP contribution in [0.25, 0.3) is 0 Å². The number of hydrogen-bond acceptors (Lipinski definition) is 3. The summed E-state index contributed by atoms with van der Waals surface area (Å²) in [6.07, 6.45) is 3.79. The molecule has 3 heteroatoms. The molecule has 0 aromatic carbocycles. The number of ether oxygens (including phenoxy) is 1. The summed E-state index contributed by atoms with van der Waals surface area (Å²) in [6, 6.07) is 0.678. The SMILES string of the molecule is CCC1(C)CN(CCC2CCOC2)C(C)CN1. The molecular weight excluding hydrogens is 212 g/mol. The van der Waals surface area contributed by atoms with Crippen LogP contribution in [0.3, 0.4) is 0 Å². The average molecular weight is 240 g/mol. The average Bonchev–Trinajstić information content (AvgIpc) is 2.84. The van der Waals surface area contributed by atoms with Crippen molar-refractivity contribution >= 4 is 0 Å². The minimum atomic E-state index is 0.318. The van der Waals surface area contributed by atoms with E-state index < -0.39 is 0 Å². The summed E-state index contributed by atoms with van der Waals surface area (Å²) >= 11 is 0. The zero-order valence-electron chi connectivity index (χ0n) is 11.7. The quantitative estimate of drug-likeness (QED) is 0.812. The highest BCUT2D eigenvalue weighted by molar-refractivity contribution is 4.93. The molecule has 0 bridgehead atoms. The van der Waals surface area contributed by atoms with E-state index in [2.05, 4.69) is 31.0 Å². The van der Waals surface area contributed by atoms with Gasteiger partial charge in [0, 0.05) is 37.9 Å². The van der Waals surface area contributed by atoms with Crippen LogP contribution in [-0.2, 0) is 4.74 Å². The van der Waals surface area contributed by atoms with E-state index in [1.54, 1.807) is 0 Å². The Morgan fingerprint density at radius 2 is 2.29 bits per heavy atom. The maximum Gasteiger partial charge on any atom is 0.0495 e. The Kier molecular flexibility index (Phi) is 4.45. The molecule has 2 aliphatic heterocycles. The molecular formula is C14H28N2O. The van der Waals surface area contributed by atoms with Crippen molar-refractivity contribution in [1.82, 2.24) is 10.2 Å². The van der Waals surface area contributed by atoms with Gasteiger partial charge in [-0.25, -0.2) is 0 Å². The molecule has 0 amide bonds. The van der Waals surface area contributed by atoms with E-state index in [9.17, 15) is 0 Å². The third kappa shape index (κ3) is 3.43. The van der Waals surface area contributed by atoms with Crippen LogP contribution in [0.1, 0.15) is 40.0 Å². The molecule has 2 fully saturated rings. The van der Waals surface area contributed by atoms with Crippen LogP contribution < -0.4 is 5.32 Å². The minimum Gasteiger partial charge on any atom is -0.381 e. The molecule has 0 radical (unpaired) electrons. The second kappa shape index (κ2) is 5.68. The van der Waals surface area contributed by atoms with Crippen molar-refractivity contribution in [1.29, 1.82) is 0 Å². The Labute approximate surface area is 106 Å². The van der Waals surface area contributed by atoms with Crippen LogP contribution >= 0.6 is 0 Å². The molecule has 2 saturated heterocycles. The van der Waals surface area contributed by atoms with Gasteiger partial charge in [-0.3, -0.25) is 4.90 Å². The zero-order chi connectivity index (χ0) is 12.3. The number of rotatable bonds is 4. The van der Waals surface area contributed by atoms with Gasteiger partial charge in [0.2, 0.25) is 0 Å². The maximum absolute atomic E-state index is 5.46. The van der Waals surface area contributed by atoms with E-state index in [1.165, 1.54) is 32.4 Å². The lowest BCUT2D eigenvalue weighted by atomic mass is 9.93. The predicted molar refractivity (Wildman–Crippen MR) is 71.3 cm³/mol. The molecule has 17 heavy (non-hydrogen) atoms. The lowest BCUT2D eigenvalue weighted by Gasteiger charge is -2.45. The van der Waals surface area contributed by atoms with Crippen LogP contribution in [0.4, 0.5) is 0 Å². The Morgan fingerprint density at radius 3 is 2.94 bits per heavy atom. The Hall–Kier alpha value is -0.120. The summed E-state index contributed by atoms with van der Waals surface area (Å²) in [5, 5.41) is 3.69. The van der Waals surface area contributed by atoms with E-state index >= 15 is 0 Å². The van der Waals surface area contributed by atoms with Gasteiger partial charge < -0.3 is 10.1 Å². The highest BCUT2D eigenvalue weighted by Gasteiger charge is 2.32. The molecule has 0 aromatic heterocycles. The van der Waals surface area contributed by atoms with Gasteiger partial charge >= 0.3 is 0 Å². The van der Waals surface area contributed by atoms with Gasteiger partial charge in [-0.15, -0.1) is 0 Å². The van der Waals surface area contributed by atoms with Gasteiger partial charge in [0.05, 0.1) is 0 Å². The Balaban J connectivity index is 1.80. The van der Waals surface area contributed by atoms with Crippen molar-refractivity contribution in [2.45, 2.75) is 51.6 Å². The fourth-order valence-corrected chi connectivity index (χ4v) is 2.88. The molecule has 2 rings (SSSR count). The molecule has 1 N–H and O–H groups in total. The first kappa shape index (κ1) is 13.3. The normalized spacial score (nSPS) is 39.7. The van der Waals surface area contributed by atoms with E-state index in [4.69, 9.17) is 4.74 Å². The van der Waals surface area contributed by atoms with E-state index in [0.29, 0.717) is 11.6 Å². The van der Waals surface area contributed by atoms with Crippen molar-refractivity contribution in [3.05, 3.63) is 0 Å².